The van der Waals surface area contributed by atoms with Crippen LogP contribution in [0.1, 0.15) is 38.7 Å². The lowest BCUT2D eigenvalue weighted by atomic mass is 9.91. The second-order valence-corrected chi connectivity index (χ2v) is 14.4. The summed E-state index contributed by atoms with van der Waals surface area (Å²) in [6, 6.07) is 28.8. The van der Waals surface area contributed by atoms with Crippen molar-refractivity contribution in [3.05, 3.63) is 95.0 Å². The Hall–Kier alpha value is -1.72. The first-order chi connectivity index (χ1) is 14.8. The smallest absolute Gasteiger partial charge is 0.258 e. The van der Waals surface area contributed by atoms with E-state index >= 15 is 0 Å². The summed E-state index contributed by atoms with van der Waals surface area (Å²) in [6.07, 6.45) is 2.92. The van der Waals surface area contributed by atoms with Gasteiger partial charge < -0.3 is 9.90 Å². The van der Waals surface area contributed by atoms with Gasteiger partial charge >= 0.3 is 0 Å². The Bertz CT molecular complexity index is 982. The number of aliphatic hydroxyl groups is 1. The molecule has 3 aromatic carbocycles. The highest BCUT2D eigenvalue weighted by Crippen LogP contribution is 2.58. The van der Waals surface area contributed by atoms with Crippen LogP contribution in [0.15, 0.2) is 89.4 Å². The van der Waals surface area contributed by atoms with E-state index in [0.717, 1.165) is 34.1 Å². The Morgan fingerprint density at radius 3 is 2.03 bits per heavy atom. The summed E-state index contributed by atoms with van der Waals surface area (Å²) in [7, 11) is -2.98. The van der Waals surface area contributed by atoms with Crippen molar-refractivity contribution in [3.8, 4) is 0 Å². The lowest BCUT2D eigenvalue weighted by Gasteiger charge is -2.41. The summed E-state index contributed by atoms with van der Waals surface area (Å²) in [6.45, 7) is 4.62. The van der Waals surface area contributed by atoms with Gasteiger partial charge in [-0.2, -0.15) is 0 Å². The fourth-order valence-corrected chi connectivity index (χ4v) is 9.37. The van der Waals surface area contributed by atoms with E-state index in [4.69, 9.17) is 0 Å². The molecule has 0 heterocycles. The average Bonchev–Trinajstić information content (AvgIpc) is 3.53. The van der Waals surface area contributed by atoms with E-state index in [1.54, 1.807) is 0 Å². The zero-order chi connectivity index (χ0) is 22.1. The van der Waals surface area contributed by atoms with E-state index in [-0.39, 0.29) is 17.1 Å². The molecule has 3 aromatic rings. The molecule has 0 aliphatic heterocycles. The van der Waals surface area contributed by atoms with Crippen molar-refractivity contribution in [2.24, 2.45) is 5.92 Å². The number of hydrogen-bond acceptors (Lipinski definition) is 2. The highest BCUT2D eigenvalue weighted by atomic mass is 79.9. The topological polar surface area (TPSA) is 40.5 Å². The quantitative estimate of drug-likeness (QED) is 0.432. The molecule has 1 saturated carbocycles. The molecule has 4 heteroatoms. The van der Waals surface area contributed by atoms with Crippen molar-refractivity contribution < 1.29 is 9.90 Å². The maximum Gasteiger partial charge on any atom is 0.258 e. The SMILES string of the molecule is CC(C)(CCC1CC1(CO)c1cccc(Br)c1)[Si](O)(c1ccccc1)c1ccccc1. The second kappa shape index (κ2) is 8.66. The van der Waals surface area contributed by atoms with Crippen LogP contribution in [0.25, 0.3) is 0 Å². The number of halogens is 1. The van der Waals surface area contributed by atoms with Crippen LogP contribution in [0.2, 0.25) is 5.04 Å². The van der Waals surface area contributed by atoms with Crippen molar-refractivity contribution in [2.45, 2.75) is 43.6 Å². The van der Waals surface area contributed by atoms with Crippen molar-refractivity contribution in [1.82, 2.24) is 0 Å². The minimum Gasteiger partial charge on any atom is -0.424 e. The molecular formula is C27H31BrO2Si. The van der Waals surface area contributed by atoms with Gasteiger partial charge in [-0.3, -0.25) is 0 Å². The number of benzene rings is 3. The number of aliphatic hydroxyl groups excluding tert-OH is 1. The highest BCUT2D eigenvalue weighted by molar-refractivity contribution is 9.10. The van der Waals surface area contributed by atoms with Crippen LogP contribution in [-0.4, -0.2) is 24.8 Å². The first-order valence-corrected chi connectivity index (χ1v) is 13.8. The molecule has 162 valence electrons. The number of rotatable bonds is 8. The molecule has 2 nitrogen and oxygen atoms in total. The van der Waals surface area contributed by atoms with E-state index < -0.39 is 8.32 Å². The summed E-state index contributed by atoms with van der Waals surface area (Å²) in [4.78, 5) is 12.3. The van der Waals surface area contributed by atoms with Gasteiger partial charge in [-0.05, 0) is 58.3 Å². The Kier molecular flexibility index (Phi) is 6.28. The molecule has 1 aliphatic rings. The van der Waals surface area contributed by atoms with Crippen molar-refractivity contribution in [1.29, 1.82) is 0 Å². The lowest BCUT2D eigenvalue weighted by Crippen LogP contribution is -2.65. The van der Waals surface area contributed by atoms with Crippen LogP contribution >= 0.6 is 15.9 Å². The first-order valence-electron chi connectivity index (χ1n) is 11.0. The monoisotopic (exact) mass is 494 g/mol. The summed E-state index contributed by atoms with van der Waals surface area (Å²) in [5.74, 6) is 0.441. The molecule has 4 rings (SSSR count). The summed E-state index contributed by atoms with van der Waals surface area (Å²) in [5, 5.41) is 12.1. The van der Waals surface area contributed by atoms with Crippen molar-refractivity contribution in [3.63, 3.8) is 0 Å². The number of hydrogen-bond donors (Lipinski definition) is 2. The van der Waals surface area contributed by atoms with Gasteiger partial charge in [-0.1, -0.05) is 103 Å². The molecule has 2 N–H and O–H groups in total. The Labute approximate surface area is 195 Å². The zero-order valence-electron chi connectivity index (χ0n) is 18.3. The maximum atomic E-state index is 12.3. The van der Waals surface area contributed by atoms with E-state index in [0.29, 0.717) is 5.92 Å². The summed E-state index contributed by atoms with van der Waals surface area (Å²) < 4.78 is 1.05. The molecule has 0 aromatic heterocycles. The molecule has 0 radical (unpaired) electrons. The maximum absolute atomic E-state index is 12.3. The third-order valence-electron chi connectivity index (χ3n) is 7.39. The van der Waals surface area contributed by atoms with E-state index in [1.165, 1.54) is 5.56 Å². The molecule has 1 fully saturated rings. The van der Waals surface area contributed by atoms with Gasteiger partial charge in [0.15, 0.2) is 0 Å². The Morgan fingerprint density at radius 1 is 0.935 bits per heavy atom. The van der Waals surface area contributed by atoms with Gasteiger partial charge in [0.05, 0.1) is 6.61 Å². The molecule has 31 heavy (non-hydrogen) atoms. The van der Waals surface area contributed by atoms with Crippen LogP contribution in [-0.2, 0) is 5.41 Å². The average molecular weight is 496 g/mol. The molecule has 0 bridgehead atoms. The summed E-state index contributed by atoms with van der Waals surface area (Å²) >= 11 is 3.57. The second-order valence-electron chi connectivity index (χ2n) is 9.59. The molecule has 0 saturated heterocycles. The summed E-state index contributed by atoms with van der Waals surface area (Å²) in [5.41, 5.74) is 1.07. The van der Waals surface area contributed by atoms with Crippen LogP contribution in [0.3, 0.4) is 0 Å². The minimum absolute atomic E-state index is 0.140. The lowest BCUT2D eigenvalue weighted by molar-refractivity contribution is 0.242. The van der Waals surface area contributed by atoms with Gasteiger partial charge in [-0.25, -0.2) is 0 Å². The fraction of sp³-hybridized carbons (Fsp3) is 0.333. The molecule has 0 amide bonds. The molecule has 2 unspecified atom stereocenters. The van der Waals surface area contributed by atoms with Crippen LogP contribution in [0, 0.1) is 5.92 Å². The van der Waals surface area contributed by atoms with Crippen molar-refractivity contribution >= 4 is 34.6 Å². The highest BCUT2D eigenvalue weighted by Gasteiger charge is 2.56. The van der Waals surface area contributed by atoms with Crippen LogP contribution in [0.5, 0.6) is 0 Å². The van der Waals surface area contributed by atoms with E-state index in [2.05, 4.69) is 66.2 Å². The normalized spacial score (nSPS) is 21.1. The molecular weight excluding hydrogens is 464 g/mol. The van der Waals surface area contributed by atoms with Gasteiger partial charge in [0.1, 0.15) is 0 Å². The Morgan fingerprint density at radius 2 is 1.52 bits per heavy atom. The van der Waals surface area contributed by atoms with Gasteiger partial charge in [0.2, 0.25) is 0 Å². The van der Waals surface area contributed by atoms with E-state index in [9.17, 15) is 9.90 Å². The van der Waals surface area contributed by atoms with Crippen LogP contribution in [0.4, 0.5) is 0 Å². The predicted octanol–water partition coefficient (Wildman–Crippen LogP) is 5.01. The minimum atomic E-state index is -2.98. The third kappa shape index (κ3) is 4.07. The largest absolute Gasteiger partial charge is 0.424 e. The fourth-order valence-electron chi connectivity index (χ4n) is 5.22. The molecule has 1 aliphatic carbocycles. The molecule has 0 spiro atoms. The van der Waals surface area contributed by atoms with Gasteiger partial charge in [-0.15, -0.1) is 0 Å². The Balaban J connectivity index is 1.60. The molecule has 2 atom stereocenters. The predicted molar refractivity (Wildman–Crippen MR) is 134 cm³/mol. The van der Waals surface area contributed by atoms with Crippen molar-refractivity contribution in [2.75, 3.05) is 6.61 Å². The zero-order valence-corrected chi connectivity index (χ0v) is 20.8. The van der Waals surface area contributed by atoms with E-state index in [1.807, 2.05) is 48.5 Å². The first kappa shape index (κ1) is 22.5. The standard InChI is InChI=1S/C27H31BrO2Si/c1-26(2,17-16-22-19-27(22,20-29)21-10-9-11-23(28)18-21)31(30,24-12-5-3-6-13-24)25-14-7-4-8-15-25/h3-15,18,22,29-30H,16-17,19-20H2,1-2H3. The third-order valence-corrected chi connectivity index (χ3v) is 12.4. The van der Waals surface area contributed by atoms with Gasteiger partial charge in [0, 0.05) is 9.89 Å². The van der Waals surface area contributed by atoms with Gasteiger partial charge in [0.25, 0.3) is 8.32 Å². The van der Waals surface area contributed by atoms with Crippen LogP contribution < -0.4 is 10.4 Å².